The lowest BCUT2D eigenvalue weighted by atomic mass is 10.1. The van der Waals surface area contributed by atoms with Crippen molar-refractivity contribution in [2.45, 2.75) is 11.8 Å². The van der Waals surface area contributed by atoms with Gasteiger partial charge in [0.1, 0.15) is 10.5 Å². The number of nitrogens with zero attached hydrogens (tertiary/aromatic N) is 2. The van der Waals surface area contributed by atoms with Gasteiger partial charge in [0.15, 0.2) is 0 Å². The van der Waals surface area contributed by atoms with Gasteiger partial charge in [-0.25, -0.2) is 13.4 Å². The standard InChI is InChI=1S/C20H15Cl2N3O2S/c1-13-9-19(17(22)11-16(13)21)28(26,27)24-15-6-4-5-14(10-15)18-12-25-8-3-2-7-20(25)23-18/h2-12,24H,1H3. The van der Waals surface area contributed by atoms with Gasteiger partial charge in [0.2, 0.25) is 0 Å². The van der Waals surface area contributed by atoms with Crippen LogP contribution in [0.2, 0.25) is 10.0 Å². The number of imidazole rings is 1. The summed E-state index contributed by atoms with van der Waals surface area (Å²) in [5.74, 6) is 0. The van der Waals surface area contributed by atoms with Crippen LogP contribution in [-0.4, -0.2) is 17.8 Å². The summed E-state index contributed by atoms with van der Waals surface area (Å²) < 4.78 is 30.1. The third-order valence-electron chi connectivity index (χ3n) is 4.28. The Kier molecular flexibility index (Phi) is 4.79. The SMILES string of the molecule is Cc1cc(S(=O)(=O)Nc2cccc(-c3cn4ccccc4n3)c2)c(Cl)cc1Cl. The Bertz CT molecular complexity index is 1270. The molecule has 0 amide bonds. The molecule has 2 aromatic heterocycles. The lowest BCUT2D eigenvalue weighted by Crippen LogP contribution is -2.13. The minimum absolute atomic E-state index is 0.0193. The number of pyridine rings is 1. The zero-order valence-electron chi connectivity index (χ0n) is 14.7. The zero-order chi connectivity index (χ0) is 19.9. The second kappa shape index (κ2) is 7.13. The van der Waals surface area contributed by atoms with Crippen LogP contribution in [-0.2, 0) is 10.0 Å². The molecule has 4 rings (SSSR count). The number of rotatable bonds is 4. The quantitative estimate of drug-likeness (QED) is 0.469. The second-order valence-electron chi connectivity index (χ2n) is 6.31. The van der Waals surface area contributed by atoms with Crippen LogP contribution in [0.4, 0.5) is 5.69 Å². The fourth-order valence-electron chi connectivity index (χ4n) is 2.86. The van der Waals surface area contributed by atoms with E-state index >= 15 is 0 Å². The summed E-state index contributed by atoms with van der Waals surface area (Å²) in [6, 6.07) is 15.7. The molecule has 0 saturated heterocycles. The summed E-state index contributed by atoms with van der Waals surface area (Å²) in [6.45, 7) is 1.72. The number of nitrogens with one attached hydrogen (secondary N) is 1. The first kappa shape index (κ1) is 18.8. The molecule has 0 aliphatic rings. The summed E-state index contributed by atoms with van der Waals surface area (Å²) in [4.78, 5) is 4.54. The number of sulfonamides is 1. The van der Waals surface area contributed by atoms with E-state index in [1.54, 1.807) is 25.1 Å². The summed E-state index contributed by atoms with van der Waals surface area (Å²) in [5, 5.41) is 0.484. The molecule has 2 aromatic carbocycles. The number of aryl methyl sites for hydroxylation is 1. The van der Waals surface area contributed by atoms with E-state index in [0.29, 0.717) is 16.3 Å². The molecule has 4 aromatic rings. The molecule has 8 heteroatoms. The number of fused-ring (bicyclic) bond motifs is 1. The zero-order valence-corrected chi connectivity index (χ0v) is 17.1. The third-order valence-corrected chi connectivity index (χ3v) is 6.53. The van der Waals surface area contributed by atoms with Crippen molar-refractivity contribution < 1.29 is 8.42 Å². The van der Waals surface area contributed by atoms with Crippen LogP contribution in [0.25, 0.3) is 16.9 Å². The van der Waals surface area contributed by atoms with E-state index < -0.39 is 10.0 Å². The lowest BCUT2D eigenvalue weighted by molar-refractivity contribution is 0.601. The van der Waals surface area contributed by atoms with Crippen LogP contribution in [0.3, 0.4) is 0 Å². The van der Waals surface area contributed by atoms with Crippen molar-refractivity contribution in [3.63, 3.8) is 0 Å². The van der Waals surface area contributed by atoms with E-state index in [0.717, 1.165) is 16.9 Å². The van der Waals surface area contributed by atoms with Crippen LogP contribution in [0.15, 0.2) is 71.9 Å². The first-order valence-corrected chi connectivity index (χ1v) is 10.6. The Balaban J connectivity index is 1.69. The molecule has 0 radical (unpaired) electrons. The summed E-state index contributed by atoms with van der Waals surface area (Å²) in [7, 11) is -3.87. The maximum atomic E-state index is 12.8. The van der Waals surface area contributed by atoms with Gasteiger partial charge in [0.25, 0.3) is 10.0 Å². The van der Waals surface area contributed by atoms with Crippen LogP contribution < -0.4 is 4.72 Å². The number of hydrogen-bond acceptors (Lipinski definition) is 3. The molecule has 0 spiro atoms. The van der Waals surface area contributed by atoms with E-state index in [2.05, 4.69) is 9.71 Å². The Hall–Kier alpha value is -2.54. The van der Waals surface area contributed by atoms with Gasteiger partial charge in [0, 0.05) is 28.7 Å². The highest BCUT2D eigenvalue weighted by molar-refractivity contribution is 7.92. The minimum atomic E-state index is -3.87. The first-order chi connectivity index (χ1) is 13.3. The van der Waals surface area contributed by atoms with Gasteiger partial charge in [0.05, 0.1) is 10.7 Å². The third kappa shape index (κ3) is 3.58. The van der Waals surface area contributed by atoms with Crippen molar-refractivity contribution in [3.05, 3.63) is 82.6 Å². The van der Waals surface area contributed by atoms with Crippen LogP contribution in [0.1, 0.15) is 5.56 Å². The predicted octanol–water partition coefficient (Wildman–Crippen LogP) is 5.42. The van der Waals surface area contributed by atoms with E-state index in [1.165, 1.54) is 12.1 Å². The van der Waals surface area contributed by atoms with Crippen molar-refractivity contribution in [3.8, 4) is 11.3 Å². The van der Waals surface area contributed by atoms with Gasteiger partial charge in [-0.05, 0) is 48.9 Å². The molecule has 142 valence electrons. The molecule has 0 fully saturated rings. The number of anilines is 1. The summed E-state index contributed by atoms with van der Waals surface area (Å²) >= 11 is 12.1. The molecule has 0 saturated carbocycles. The van der Waals surface area contributed by atoms with Crippen LogP contribution >= 0.6 is 23.2 Å². The Morgan fingerprint density at radius 3 is 2.61 bits per heavy atom. The van der Waals surface area contributed by atoms with Crippen LogP contribution in [0.5, 0.6) is 0 Å². The summed E-state index contributed by atoms with van der Waals surface area (Å²) in [6.07, 6.45) is 3.80. The maximum Gasteiger partial charge on any atom is 0.263 e. The van der Waals surface area contributed by atoms with Crippen molar-refractivity contribution in [2.24, 2.45) is 0 Å². The van der Waals surface area contributed by atoms with Gasteiger partial charge < -0.3 is 4.40 Å². The fraction of sp³-hybridized carbons (Fsp3) is 0.0500. The molecule has 0 bridgehead atoms. The summed E-state index contributed by atoms with van der Waals surface area (Å²) in [5.41, 5.74) is 3.39. The van der Waals surface area contributed by atoms with E-state index in [1.807, 2.05) is 41.1 Å². The molecular formula is C20H15Cl2N3O2S. The average Bonchev–Trinajstić information content (AvgIpc) is 3.09. The largest absolute Gasteiger partial charge is 0.306 e. The highest BCUT2D eigenvalue weighted by Crippen LogP contribution is 2.30. The molecule has 5 nitrogen and oxygen atoms in total. The van der Waals surface area contributed by atoms with Crippen molar-refractivity contribution in [1.29, 1.82) is 0 Å². The van der Waals surface area contributed by atoms with Crippen molar-refractivity contribution in [2.75, 3.05) is 4.72 Å². The topological polar surface area (TPSA) is 63.5 Å². The number of halogens is 2. The average molecular weight is 432 g/mol. The van der Waals surface area contributed by atoms with E-state index in [-0.39, 0.29) is 9.92 Å². The van der Waals surface area contributed by atoms with Gasteiger partial charge in [-0.15, -0.1) is 0 Å². The Morgan fingerprint density at radius 2 is 1.82 bits per heavy atom. The Morgan fingerprint density at radius 1 is 1.00 bits per heavy atom. The van der Waals surface area contributed by atoms with E-state index in [4.69, 9.17) is 23.2 Å². The van der Waals surface area contributed by atoms with Crippen molar-refractivity contribution >= 4 is 44.6 Å². The Labute approximate surface area is 172 Å². The first-order valence-electron chi connectivity index (χ1n) is 8.36. The second-order valence-corrected chi connectivity index (χ2v) is 8.78. The monoisotopic (exact) mass is 431 g/mol. The molecule has 0 unspecified atom stereocenters. The molecule has 0 atom stereocenters. The number of benzene rings is 2. The lowest BCUT2D eigenvalue weighted by Gasteiger charge is -2.11. The van der Waals surface area contributed by atoms with Crippen molar-refractivity contribution in [1.82, 2.24) is 9.38 Å². The number of hydrogen-bond donors (Lipinski definition) is 1. The fourth-order valence-corrected chi connectivity index (χ4v) is 4.75. The smallest absolute Gasteiger partial charge is 0.263 e. The normalized spacial score (nSPS) is 11.7. The highest BCUT2D eigenvalue weighted by Gasteiger charge is 2.20. The molecule has 1 N–H and O–H groups in total. The molecule has 0 aliphatic carbocycles. The van der Waals surface area contributed by atoms with Crippen LogP contribution in [0, 0.1) is 6.92 Å². The molecule has 0 aliphatic heterocycles. The van der Waals surface area contributed by atoms with Gasteiger partial charge in [-0.2, -0.15) is 0 Å². The van der Waals surface area contributed by atoms with Gasteiger partial charge >= 0.3 is 0 Å². The van der Waals surface area contributed by atoms with E-state index in [9.17, 15) is 8.42 Å². The molecule has 28 heavy (non-hydrogen) atoms. The van der Waals surface area contributed by atoms with Gasteiger partial charge in [-0.1, -0.05) is 41.4 Å². The van der Waals surface area contributed by atoms with Gasteiger partial charge in [-0.3, -0.25) is 4.72 Å². The minimum Gasteiger partial charge on any atom is -0.306 e. The molecular weight excluding hydrogens is 417 g/mol. The maximum absolute atomic E-state index is 12.8. The molecule has 2 heterocycles. The predicted molar refractivity (Wildman–Crippen MR) is 113 cm³/mol. The highest BCUT2D eigenvalue weighted by atomic mass is 35.5. The number of aromatic nitrogens is 2.